The molecule has 0 heterocycles. The number of Topliss-reactive ketones (excluding diaryl/α,β-unsaturated/α-hetero) is 1. The Morgan fingerprint density at radius 2 is 1.71 bits per heavy atom. The normalized spacial score (nSPS) is 11.2. The fraction of sp³-hybridized carbons (Fsp3) is 0.278. The van der Waals surface area contributed by atoms with Gasteiger partial charge < -0.3 is 4.52 Å². The molecule has 2 aromatic rings. The zero-order valence-corrected chi connectivity index (χ0v) is 13.8. The summed E-state index contributed by atoms with van der Waals surface area (Å²) in [6, 6.07) is 13.6. The second-order valence-electron chi connectivity index (χ2n) is 5.17. The van der Waals surface area contributed by atoms with Crippen molar-refractivity contribution in [3.8, 4) is 0 Å². The maximum absolute atomic E-state index is 11.9. The molecule has 0 spiro atoms. The number of rotatable bonds is 6. The lowest BCUT2D eigenvalue weighted by Gasteiger charge is -2.11. The van der Waals surface area contributed by atoms with E-state index in [0.29, 0.717) is 21.8 Å². The summed E-state index contributed by atoms with van der Waals surface area (Å²) in [4.78, 5) is 11.9. The molecule has 2 rings (SSSR count). The second-order valence-corrected chi connectivity index (χ2v) is 6.20. The molecule has 0 bridgehead atoms. The Kier molecular flexibility index (Phi) is 5.67. The fourth-order valence-corrected chi connectivity index (χ4v) is 2.96. The summed E-state index contributed by atoms with van der Waals surface area (Å²) >= 11 is 0. The summed E-state index contributed by atoms with van der Waals surface area (Å²) in [6.07, 6.45) is 0.431. The molecule has 3 heteroatoms. The van der Waals surface area contributed by atoms with Crippen molar-refractivity contribution in [1.82, 2.24) is 0 Å². The van der Waals surface area contributed by atoms with Crippen LogP contribution in [0.25, 0.3) is 0 Å². The summed E-state index contributed by atoms with van der Waals surface area (Å²) in [5.74, 6) is 0.136. The minimum Gasteiger partial charge on any atom is -0.357 e. The highest BCUT2D eigenvalue weighted by atomic mass is 31.1. The van der Waals surface area contributed by atoms with Crippen LogP contribution in [0.5, 0.6) is 0 Å². The van der Waals surface area contributed by atoms with Gasteiger partial charge in [-0.25, -0.2) is 0 Å². The smallest absolute Gasteiger partial charge is 0.165 e. The Morgan fingerprint density at radius 3 is 2.43 bits per heavy atom. The molecule has 0 aliphatic heterocycles. The summed E-state index contributed by atoms with van der Waals surface area (Å²) < 4.78 is 5.69. The number of hydrogen-bond donors (Lipinski definition) is 0. The zero-order valence-electron chi connectivity index (χ0n) is 12.8. The van der Waals surface area contributed by atoms with Gasteiger partial charge in [0.2, 0.25) is 0 Å². The molecule has 1 atom stereocenters. The summed E-state index contributed by atoms with van der Waals surface area (Å²) in [7, 11) is 0.301. The van der Waals surface area contributed by atoms with E-state index in [1.807, 2.05) is 30.3 Å². The first-order valence-corrected chi connectivity index (χ1v) is 8.03. The van der Waals surface area contributed by atoms with Crippen LogP contribution in [0.2, 0.25) is 0 Å². The third-order valence-electron chi connectivity index (χ3n) is 3.77. The van der Waals surface area contributed by atoms with Gasteiger partial charge in [-0.3, -0.25) is 4.79 Å². The van der Waals surface area contributed by atoms with E-state index in [4.69, 9.17) is 4.52 Å². The van der Waals surface area contributed by atoms with Crippen molar-refractivity contribution in [2.75, 3.05) is 6.61 Å². The maximum atomic E-state index is 11.9. The van der Waals surface area contributed by atoms with Gasteiger partial charge in [0.15, 0.2) is 5.78 Å². The van der Waals surface area contributed by atoms with E-state index >= 15 is 0 Å². The molecule has 0 N–H and O–H groups in total. The third kappa shape index (κ3) is 4.23. The molecule has 1 unspecified atom stereocenters. The SMILES string of the molecule is Cc1ccc(POCCC(=O)c2ccccc2)c(C)c1C. The largest absolute Gasteiger partial charge is 0.357 e. The Bertz CT molecular complexity index is 621. The van der Waals surface area contributed by atoms with Crippen LogP contribution in [-0.2, 0) is 4.52 Å². The Hall–Kier alpha value is -1.50. The molecular weight excluding hydrogens is 279 g/mol. The lowest BCUT2D eigenvalue weighted by molar-refractivity contribution is 0.0966. The van der Waals surface area contributed by atoms with Crippen LogP contribution in [0.1, 0.15) is 33.5 Å². The Labute approximate surface area is 128 Å². The van der Waals surface area contributed by atoms with Crippen molar-refractivity contribution >= 4 is 19.9 Å². The second kappa shape index (κ2) is 7.49. The molecule has 0 amide bonds. The van der Waals surface area contributed by atoms with E-state index in [2.05, 4.69) is 32.9 Å². The molecule has 0 radical (unpaired) electrons. The Morgan fingerprint density at radius 1 is 1.00 bits per heavy atom. The number of carbonyl (C=O) groups is 1. The van der Waals surface area contributed by atoms with Crippen LogP contribution in [0, 0.1) is 20.8 Å². The summed E-state index contributed by atoms with van der Waals surface area (Å²) in [6.45, 7) is 6.86. The van der Waals surface area contributed by atoms with Gasteiger partial charge >= 0.3 is 0 Å². The van der Waals surface area contributed by atoms with Crippen molar-refractivity contribution in [1.29, 1.82) is 0 Å². The van der Waals surface area contributed by atoms with Gasteiger partial charge in [-0.1, -0.05) is 42.5 Å². The van der Waals surface area contributed by atoms with Crippen molar-refractivity contribution in [2.24, 2.45) is 0 Å². The number of aryl methyl sites for hydroxylation is 1. The molecule has 0 aromatic heterocycles. The standard InChI is InChI=1S/C18H21O2P/c1-13-9-10-18(15(3)14(13)2)21-20-12-11-17(19)16-7-5-4-6-8-16/h4-10,21H,11-12H2,1-3H3. The van der Waals surface area contributed by atoms with Crippen LogP contribution < -0.4 is 5.30 Å². The highest BCUT2D eigenvalue weighted by Crippen LogP contribution is 2.20. The highest BCUT2D eigenvalue weighted by Gasteiger charge is 2.07. The van der Waals surface area contributed by atoms with Gasteiger partial charge in [0.25, 0.3) is 0 Å². The maximum Gasteiger partial charge on any atom is 0.165 e. The van der Waals surface area contributed by atoms with E-state index in [1.165, 1.54) is 22.0 Å². The average molecular weight is 300 g/mol. The Balaban J connectivity index is 1.83. The van der Waals surface area contributed by atoms with Crippen LogP contribution in [-0.4, -0.2) is 12.4 Å². The minimum absolute atomic E-state index is 0.136. The van der Waals surface area contributed by atoms with Crippen molar-refractivity contribution < 1.29 is 9.32 Å². The molecule has 0 saturated carbocycles. The van der Waals surface area contributed by atoms with Crippen LogP contribution in [0.4, 0.5) is 0 Å². The number of ketones is 1. The van der Waals surface area contributed by atoms with Gasteiger partial charge in [0.05, 0.1) is 6.61 Å². The number of hydrogen-bond acceptors (Lipinski definition) is 2. The third-order valence-corrected chi connectivity index (χ3v) is 4.88. The molecular formula is C18H21O2P. The van der Waals surface area contributed by atoms with E-state index in [9.17, 15) is 4.79 Å². The molecule has 0 aliphatic rings. The van der Waals surface area contributed by atoms with Gasteiger partial charge in [-0.2, -0.15) is 0 Å². The molecule has 21 heavy (non-hydrogen) atoms. The van der Waals surface area contributed by atoms with Crippen molar-refractivity contribution in [3.63, 3.8) is 0 Å². The molecule has 2 nitrogen and oxygen atoms in total. The highest BCUT2D eigenvalue weighted by molar-refractivity contribution is 7.42. The van der Waals surface area contributed by atoms with E-state index in [-0.39, 0.29) is 5.78 Å². The van der Waals surface area contributed by atoms with E-state index < -0.39 is 0 Å². The van der Waals surface area contributed by atoms with Gasteiger partial charge in [-0.05, 0) is 37.5 Å². The predicted octanol–water partition coefficient (Wildman–Crippen LogP) is 4.12. The monoisotopic (exact) mass is 300 g/mol. The first-order valence-electron chi connectivity index (χ1n) is 7.12. The lowest BCUT2D eigenvalue weighted by Crippen LogP contribution is -2.07. The average Bonchev–Trinajstić information content (AvgIpc) is 2.51. The predicted molar refractivity (Wildman–Crippen MR) is 89.9 cm³/mol. The van der Waals surface area contributed by atoms with Gasteiger partial charge in [0, 0.05) is 26.1 Å². The molecule has 0 saturated heterocycles. The van der Waals surface area contributed by atoms with Crippen LogP contribution >= 0.6 is 8.81 Å². The fourth-order valence-electron chi connectivity index (χ4n) is 2.11. The lowest BCUT2D eigenvalue weighted by atomic mass is 10.1. The number of benzene rings is 2. The minimum atomic E-state index is 0.136. The van der Waals surface area contributed by atoms with Gasteiger partial charge in [0.1, 0.15) is 0 Å². The zero-order chi connectivity index (χ0) is 15.2. The van der Waals surface area contributed by atoms with Crippen LogP contribution in [0.15, 0.2) is 42.5 Å². The summed E-state index contributed by atoms with van der Waals surface area (Å²) in [5, 5.41) is 1.23. The number of carbonyl (C=O) groups excluding carboxylic acids is 1. The van der Waals surface area contributed by atoms with Crippen LogP contribution in [0.3, 0.4) is 0 Å². The quantitative estimate of drug-likeness (QED) is 0.456. The topological polar surface area (TPSA) is 26.3 Å². The van der Waals surface area contributed by atoms with Gasteiger partial charge in [-0.15, -0.1) is 0 Å². The van der Waals surface area contributed by atoms with E-state index in [0.717, 1.165) is 5.56 Å². The molecule has 0 aliphatic carbocycles. The first-order chi connectivity index (χ1) is 10.1. The first kappa shape index (κ1) is 15.9. The van der Waals surface area contributed by atoms with E-state index in [1.54, 1.807) is 0 Å². The van der Waals surface area contributed by atoms with Crippen molar-refractivity contribution in [2.45, 2.75) is 27.2 Å². The molecule has 0 fully saturated rings. The molecule has 2 aromatic carbocycles. The molecule has 110 valence electrons. The van der Waals surface area contributed by atoms with Crippen molar-refractivity contribution in [3.05, 3.63) is 64.7 Å². The summed E-state index contributed by atoms with van der Waals surface area (Å²) in [5.41, 5.74) is 4.68.